The molecule has 10 heteroatoms. The van der Waals surface area contributed by atoms with E-state index in [1.807, 2.05) is 24.3 Å². The Kier molecular flexibility index (Phi) is 6.83. The number of amides is 1. The molecule has 31 heavy (non-hydrogen) atoms. The minimum absolute atomic E-state index is 0.0488. The zero-order valence-electron chi connectivity index (χ0n) is 16.6. The third kappa shape index (κ3) is 5.04. The summed E-state index contributed by atoms with van der Waals surface area (Å²) in [6.45, 7) is 1.26. The van der Waals surface area contributed by atoms with Crippen LogP contribution in [0.5, 0.6) is 0 Å². The molecular weight excluding hydrogens is 477 g/mol. The molecule has 2 heterocycles. The van der Waals surface area contributed by atoms with Gasteiger partial charge in [0, 0.05) is 32.6 Å². The minimum atomic E-state index is -3.67. The van der Waals surface area contributed by atoms with Gasteiger partial charge in [-0.05, 0) is 43.2 Å². The van der Waals surface area contributed by atoms with Crippen LogP contribution < -0.4 is 0 Å². The van der Waals surface area contributed by atoms with E-state index in [1.165, 1.54) is 22.5 Å². The topological polar surface area (TPSA) is 70.6 Å². The number of carbonyl (C=O) groups is 1. The van der Waals surface area contributed by atoms with Crippen LogP contribution in [0, 0.1) is 0 Å². The summed E-state index contributed by atoms with van der Waals surface area (Å²) in [7, 11) is -3.67. The summed E-state index contributed by atoms with van der Waals surface area (Å²) in [5.74, 6) is 0.0488. The van der Waals surface area contributed by atoms with Gasteiger partial charge in [-0.2, -0.15) is 4.31 Å². The molecule has 0 bridgehead atoms. The van der Waals surface area contributed by atoms with Gasteiger partial charge in [-0.3, -0.25) is 4.79 Å². The summed E-state index contributed by atoms with van der Waals surface area (Å²) < 4.78 is 28.2. The Morgan fingerprint density at radius 3 is 2.48 bits per heavy atom. The van der Waals surface area contributed by atoms with E-state index < -0.39 is 10.0 Å². The zero-order chi connectivity index (χ0) is 22.0. The number of nitrogens with zero attached hydrogens (tertiary/aromatic N) is 3. The highest BCUT2D eigenvalue weighted by molar-refractivity contribution is 7.89. The number of aryl methyl sites for hydroxylation is 1. The van der Waals surface area contributed by atoms with E-state index in [-0.39, 0.29) is 28.9 Å². The van der Waals surface area contributed by atoms with Crippen molar-refractivity contribution in [1.82, 2.24) is 14.2 Å². The van der Waals surface area contributed by atoms with Crippen molar-refractivity contribution in [3.05, 3.63) is 57.5 Å². The van der Waals surface area contributed by atoms with Crippen LogP contribution in [0.3, 0.4) is 0 Å². The standard InChI is InChI=1S/C21H21Cl2N3O3S2/c22-16-9-8-15(14-17(16)23)31(28,29)26-12-10-25(11-13-26)21(27)7-3-6-20-24-18-4-1-2-5-19(18)30-20/h1-2,4-5,8-9,14H,3,6-7,10-13H2. The number of fused-ring (bicyclic) bond motifs is 1. The third-order valence-electron chi connectivity index (χ3n) is 5.24. The lowest BCUT2D eigenvalue weighted by molar-refractivity contribution is -0.132. The monoisotopic (exact) mass is 497 g/mol. The van der Waals surface area contributed by atoms with Gasteiger partial charge in [-0.25, -0.2) is 13.4 Å². The van der Waals surface area contributed by atoms with Gasteiger partial charge in [-0.15, -0.1) is 11.3 Å². The molecule has 0 unspecified atom stereocenters. The lowest BCUT2D eigenvalue weighted by Crippen LogP contribution is -2.50. The molecule has 1 aromatic heterocycles. The molecule has 0 radical (unpaired) electrons. The number of benzene rings is 2. The summed E-state index contributed by atoms with van der Waals surface area (Å²) in [5.41, 5.74) is 0.994. The Morgan fingerprint density at radius 2 is 1.77 bits per heavy atom. The van der Waals surface area contributed by atoms with Gasteiger partial charge in [-0.1, -0.05) is 35.3 Å². The van der Waals surface area contributed by atoms with Crippen LogP contribution in [0.4, 0.5) is 0 Å². The van der Waals surface area contributed by atoms with Gasteiger partial charge in [0.15, 0.2) is 0 Å². The third-order valence-corrected chi connectivity index (χ3v) is 8.97. The molecule has 1 aliphatic heterocycles. The van der Waals surface area contributed by atoms with Crippen molar-refractivity contribution in [3.8, 4) is 0 Å². The molecule has 2 aromatic carbocycles. The Bertz CT molecular complexity index is 1170. The van der Waals surface area contributed by atoms with Crippen LogP contribution in [-0.4, -0.2) is 54.7 Å². The molecule has 3 aromatic rings. The molecule has 0 N–H and O–H groups in total. The van der Waals surface area contributed by atoms with Gasteiger partial charge in [0.1, 0.15) is 0 Å². The lowest BCUT2D eigenvalue weighted by atomic mass is 10.2. The van der Waals surface area contributed by atoms with Crippen LogP contribution in [0.1, 0.15) is 17.8 Å². The fourth-order valence-corrected chi connectivity index (χ4v) is 6.36. The number of thiazole rings is 1. The maximum atomic E-state index is 12.8. The largest absolute Gasteiger partial charge is 0.340 e. The maximum Gasteiger partial charge on any atom is 0.243 e. The van der Waals surface area contributed by atoms with Crippen LogP contribution in [0.2, 0.25) is 10.0 Å². The Hall–Kier alpha value is -1.71. The van der Waals surface area contributed by atoms with E-state index in [4.69, 9.17) is 23.2 Å². The predicted octanol–water partition coefficient (Wildman–Crippen LogP) is 4.46. The van der Waals surface area contributed by atoms with Crippen LogP contribution in [-0.2, 0) is 21.2 Å². The van der Waals surface area contributed by atoms with Crippen LogP contribution in [0.25, 0.3) is 10.2 Å². The fraction of sp³-hybridized carbons (Fsp3) is 0.333. The second-order valence-corrected chi connectivity index (χ2v) is 11.2. The van der Waals surface area contributed by atoms with E-state index in [9.17, 15) is 13.2 Å². The van der Waals surface area contributed by atoms with Crippen LogP contribution in [0.15, 0.2) is 47.4 Å². The van der Waals surface area contributed by atoms with Gasteiger partial charge >= 0.3 is 0 Å². The minimum Gasteiger partial charge on any atom is -0.340 e. The molecule has 1 saturated heterocycles. The summed E-state index contributed by atoms with van der Waals surface area (Å²) in [6.07, 6.45) is 1.91. The summed E-state index contributed by atoms with van der Waals surface area (Å²) >= 11 is 13.5. The first kappa shape index (κ1) is 22.5. The van der Waals surface area contributed by atoms with E-state index in [0.717, 1.165) is 28.1 Å². The molecule has 164 valence electrons. The van der Waals surface area contributed by atoms with Crippen molar-refractivity contribution in [2.75, 3.05) is 26.2 Å². The highest BCUT2D eigenvalue weighted by atomic mass is 35.5. The smallest absolute Gasteiger partial charge is 0.243 e. The second kappa shape index (κ2) is 9.42. The number of carbonyl (C=O) groups excluding carboxylic acids is 1. The number of hydrogen-bond acceptors (Lipinski definition) is 5. The summed E-state index contributed by atoms with van der Waals surface area (Å²) in [4.78, 5) is 19.0. The SMILES string of the molecule is O=C(CCCc1nc2ccccc2s1)N1CCN(S(=O)(=O)c2ccc(Cl)c(Cl)c2)CC1. The quantitative estimate of drug-likeness (QED) is 0.503. The average Bonchev–Trinajstić information content (AvgIpc) is 3.18. The first-order valence-corrected chi connectivity index (χ1v) is 12.9. The lowest BCUT2D eigenvalue weighted by Gasteiger charge is -2.34. The van der Waals surface area contributed by atoms with Gasteiger partial charge in [0.25, 0.3) is 0 Å². The van der Waals surface area contributed by atoms with Gasteiger partial charge in [0.2, 0.25) is 15.9 Å². The van der Waals surface area contributed by atoms with E-state index in [2.05, 4.69) is 4.98 Å². The number of piperazine rings is 1. The Balaban J connectivity index is 1.28. The second-order valence-electron chi connectivity index (χ2n) is 7.29. The molecule has 1 aliphatic rings. The predicted molar refractivity (Wildman–Crippen MR) is 124 cm³/mol. The normalized spacial score (nSPS) is 15.5. The van der Waals surface area contributed by atoms with E-state index in [1.54, 1.807) is 16.2 Å². The van der Waals surface area contributed by atoms with Crippen molar-refractivity contribution in [2.45, 2.75) is 24.2 Å². The number of aromatic nitrogens is 1. The first-order valence-electron chi connectivity index (χ1n) is 9.92. The molecule has 4 rings (SSSR count). The van der Waals surface area contributed by atoms with Gasteiger partial charge < -0.3 is 4.90 Å². The van der Waals surface area contributed by atoms with Crippen molar-refractivity contribution >= 4 is 60.7 Å². The van der Waals surface area contributed by atoms with Crippen molar-refractivity contribution in [3.63, 3.8) is 0 Å². The number of halogens is 2. The molecule has 1 fully saturated rings. The van der Waals surface area contributed by atoms with Crippen molar-refractivity contribution < 1.29 is 13.2 Å². The number of para-hydroxylation sites is 1. The van der Waals surface area contributed by atoms with Crippen molar-refractivity contribution in [2.24, 2.45) is 0 Å². The van der Waals surface area contributed by atoms with E-state index >= 15 is 0 Å². The van der Waals surface area contributed by atoms with E-state index in [0.29, 0.717) is 24.5 Å². The molecule has 0 spiro atoms. The number of rotatable bonds is 6. The Labute approximate surface area is 195 Å². The number of hydrogen-bond donors (Lipinski definition) is 0. The summed E-state index contributed by atoms with van der Waals surface area (Å²) in [6, 6.07) is 12.3. The molecule has 0 atom stereocenters. The molecule has 0 aliphatic carbocycles. The highest BCUT2D eigenvalue weighted by Gasteiger charge is 2.30. The first-order chi connectivity index (χ1) is 14.8. The van der Waals surface area contributed by atoms with Crippen LogP contribution >= 0.6 is 34.5 Å². The van der Waals surface area contributed by atoms with Crippen molar-refractivity contribution in [1.29, 1.82) is 0 Å². The summed E-state index contributed by atoms with van der Waals surface area (Å²) in [5, 5.41) is 1.54. The molecular formula is C21H21Cl2N3O3S2. The molecule has 1 amide bonds. The maximum absolute atomic E-state index is 12.8. The number of sulfonamides is 1. The Morgan fingerprint density at radius 1 is 1.03 bits per heavy atom. The fourth-order valence-electron chi connectivity index (χ4n) is 3.54. The highest BCUT2D eigenvalue weighted by Crippen LogP contribution is 2.27. The van der Waals surface area contributed by atoms with Gasteiger partial charge in [0.05, 0.1) is 30.2 Å². The zero-order valence-corrected chi connectivity index (χ0v) is 19.8. The molecule has 0 saturated carbocycles. The molecule has 6 nitrogen and oxygen atoms in total. The average molecular weight is 498 g/mol.